The van der Waals surface area contributed by atoms with Crippen LogP contribution in [0.2, 0.25) is 0 Å². The van der Waals surface area contributed by atoms with Crippen LogP contribution in [0.25, 0.3) is 0 Å². The second-order valence-electron chi connectivity index (χ2n) is 6.83. The van der Waals surface area contributed by atoms with E-state index in [0.29, 0.717) is 25.4 Å². The summed E-state index contributed by atoms with van der Waals surface area (Å²) in [6.07, 6.45) is 4.87. The topological polar surface area (TPSA) is 38.8 Å². The Morgan fingerprint density at radius 1 is 1.22 bits per heavy atom. The van der Waals surface area contributed by atoms with Gasteiger partial charge in [-0.25, -0.2) is 4.39 Å². The first kappa shape index (κ1) is 15.1. The molecule has 0 atom stereocenters. The molecular weight excluding hydrogens is 297 g/mol. The normalized spacial score (nSPS) is 23.4. The molecule has 0 N–H and O–H groups in total. The SMILES string of the molecule is O=C(CC1OCCCO1)N1CC2(CCCC2)c2cccc(F)c21. The van der Waals surface area contributed by atoms with Crippen molar-refractivity contribution in [1.29, 1.82) is 0 Å². The Morgan fingerprint density at radius 3 is 2.70 bits per heavy atom. The van der Waals surface area contributed by atoms with Crippen molar-refractivity contribution in [3.63, 3.8) is 0 Å². The summed E-state index contributed by atoms with van der Waals surface area (Å²) in [6, 6.07) is 5.20. The molecule has 5 heteroatoms. The van der Waals surface area contributed by atoms with Crippen molar-refractivity contribution in [3.05, 3.63) is 29.6 Å². The van der Waals surface area contributed by atoms with Crippen LogP contribution in [0.5, 0.6) is 0 Å². The Labute approximate surface area is 135 Å². The van der Waals surface area contributed by atoms with Crippen molar-refractivity contribution in [2.75, 3.05) is 24.7 Å². The van der Waals surface area contributed by atoms with Crippen LogP contribution in [0, 0.1) is 5.82 Å². The van der Waals surface area contributed by atoms with E-state index in [1.807, 2.05) is 6.07 Å². The Bertz CT molecular complexity index is 606. The highest BCUT2D eigenvalue weighted by atomic mass is 19.1. The molecule has 2 aliphatic heterocycles. The van der Waals surface area contributed by atoms with Crippen molar-refractivity contribution in [2.24, 2.45) is 0 Å². The van der Waals surface area contributed by atoms with Crippen LogP contribution in [-0.2, 0) is 19.7 Å². The molecule has 1 aromatic carbocycles. The predicted octanol–water partition coefficient (Wildman–Crippen LogP) is 3.14. The number of hydrogen-bond donors (Lipinski definition) is 0. The van der Waals surface area contributed by atoms with Gasteiger partial charge < -0.3 is 14.4 Å². The zero-order valence-electron chi connectivity index (χ0n) is 13.2. The van der Waals surface area contributed by atoms with Crippen LogP contribution >= 0.6 is 0 Å². The van der Waals surface area contributed by atoms with E-state index in [4.69, 9.17) is 9.47 Å². The van der Waals surface area contributed by atoms with Crippen molar-refractivity contribution >= 4 is 11.6 Å². The van der Waals surface area contributed by atoms with Crippen LogP contribution in [0.3, 0.4) is 0 Å². The van der Waals surface area contributed by atoms with Gasteiger partial charge in [-0.3, -0.25) is 4.79 Å². The van der Waals surface area contributed by atoms with Gasteiger partial charge in [-0.05, 0) is 30.9 Å². The van der Waals surface area contributed by atoms with Gasteiger partial charge in [0.15, 0.2) is 6.29 Å². The molecule has 124 valence electrons. The largest absolute Gasteiger partial charge is 0.352 e. The van der Waals surface area contributed by atoms with Crippen LogP contribution in [0.1, 0.15) is 44.1 Å². The molecule has 0 aromatic heterocycles. The average Bonchev–Trinajstić information content (AvgIpc) is 3.16. The van der Waals surface area contributed by atoms with E-state index in [1.54, 1.807) is 11.0 Å². The summed E-state index contributed by atoms with van der Waals surface area (Å²) in [5.41, 5.74) is 1.44. The summed E-state index contributed by atoms with van der Waals surface area (Å²) in [4.78, 5) is 14.4. The molecule has 1 saturated heterocycles. The van der Waals surface area contributed by atoms with E-state index in [1.165, 1.54) is 6.07 Å². The molecule has 23 heavy (non-hydrogen) atoms. The maximum atomic E-state index is 14.5. The number of fused-ring (bicyclic) bond motifs is 2. The maximum Gasteiger partial charge on any atom is 0.232 e. The number of halogens is 1. The van der Waals surface area contributed by atoms with Crippen LogP contribution in [0.4, 0.5) is 10.1 Å². The maximum absolute atomic E-state index is 14.5. The van der Waals surface area contributed by atoms with Gasteiger partial charge >= 0.3 is 0 Å². The minimum atomic E-state index is -0.494. The predicted molar refractivity (Wildman–Crippen MR) is 83.8 cm³/mol. The molecule has 4 nitrogen and oxygen atoms in total. The molecule has 0 bridgehead atoms. The van der Waals surface area contributed by atoms with E-state index < -0.39 is 6.29 Å². The zero-order valence-corrected chi connectivity index (χ0v) is 13.2. The van der Waals surface area contributed by atoms with Crippen molar-refractivity contribution in [1.82, 2.24) is 0 Å². The summed E-state index contributed by atoms with van der Waals surface area (Å²) >= 11 is 0. The number of rotatable bonds is 2. The molecule has 1 aliphatic carbocycles. The first-order valence-electron chi connectivity index (χ1n) is 8.52. The van der Waals surface area contributed by atoms with Crippen LogP contribution in [0.15, 0.2) is 18.2 Å². The Morgan fingerprint density at radius 2 is 1.96 bits per heavy atom. The highest BCUT2D eigenvalue weighted by molar-refractivity contribution is 5.96. The second-order valence-corrected chi connectivity index (χ2v) is 6.83. The molecule has 2 heterocycles. The van der Waals surface area contributed by atoms with E-state index in [2.05, 4.69) is 0 Å². The number of amides is 1. The molecule has 1 spiro atoms. The van der Waals surface area contributed by atoms with Gasteiger partial charge in [0, 0.05) is 12.0 Å². The average molecular weight is 319 g/mol. The Hall–Kier alpha value is -1.46. The Kier molecular flexibility index (Phi) is 3.85. The minimum Gasteiger partial charge on any atom is -0.352 e. The van der Waals surface area contributed by atoms with Crippen LogP contribution < -0.4 is 4.90 Å². The molecule has 1 saturated carbocycles. The quantitative estimate of drug-likeness (QED) is 0.840. The van der Waals surface area contributed by atoms with Gasteiger partial charge in [0.2, 0.25) is 5.91 Å². The van der Waals surface area contributed by atoms with Crippen molar-refractivity contribution < 1.29 is 18.7 Å². The lowest BCUT2D eigenvalue weighted by Gasteiger charge is -2.27. The summed E-state index contributed by atoms with van der Waals surface area (Å²) in [5, 5.41) is 0. The molecular formula is C18H22FNO3. The fraction of sp³-hybridized carbons (Fsp3) is 0.611. The van der Waals surface area contributed by atoms with E-state index in [0.717, 1.165) is 37.7 Å². The molecule has 0 radical (unpaired) electrons. The summed E-state index contributed by atoms with van der Waals surface area (Å²) < 4.78 is 25.4. The number of benzene rings is 1. The molecule has 4 rings (SSSR count). The van der Waals surface area contributed by atoms with Gasteiger partial charge in [0.25, 0.3) is 0 Å². The van der Waals surface area contributed by atoms with E-state index in [9.17, 15) is 9.18 Å². The van der Waals surface area contributed by atoms with Crippen molar-refractivity contribution in [3.8, 4) is 0 Å². The zero-order chi connectivity index (χ0) is 15.9. The number of carbonyl (C=O) groups excluding carboxylic acids is 1. The Balaban J connectivity index is 1.61. The van der Waals surface area contributed by atoms with Crippen molar-refractivity contribution in [2.45, 2.75) is 50.2 Å². The lowest BCUT2D eigenvalue weighted by molar-refractivity contribution is -0.183. The smallest absolute Gasteiger partial charge is 0.232 e. The number of carbonyl (C=O) groups is 1. The fourth-order valence-electron chi connectivity index (χ4n) is 4.28. The summed E-state index contributed by atoms with van der Waals surface area (Å²) in [6.45, 7) is 1.83. The molecule has 0 unspecified atom stereocenters. The third-order valence-electron chi connectivity index (χ3n) is 5.39. The first-order chi connectivity index (χ1) is 11.2. The standard InChI is InChI=1S/C18H22FNO3/c19-14-6-3-5-13-17(14)20(12-18(13)7-1-2-8-18)15(21)11-16-22-9-4-10-23-16/h3,5-6,16H,1-2,4,7-12H2. The number of nitrogens with zero attached hydrogens (tertiary/aromatic N) is 1. The second kappa shape index (κ2) is 5.87. The first-order valence-corrected chi connectivity index (χ1v) is 8.52. The lowest BCUT2D eigenvalue weighted by Crippen LogP contribution is -2.39. The molecule has 1 aromatic rings. The molecule has 2 fully saturated rings. The fourth-order valence-corrected chi connectivity index (χ4v) is 4.28. The summed E-state index contributed by atoms with van der Waals surface area (Å²) in [5.74, 6) is -0.405. The number of anilines is 1. The molecule has 3 aliphatic rings. The van der Waals surface area contributed by atoms with E-state index >= 15 is 0 Å². The van der Waals surface area contributed by atoms with Gasteiger partial charge in [0.05, 0.1) is 25.3 Å². The van der Waals surface area contributed by atoms with E-state index in [-0.39, 0.29) is 23.6 Å². The van der Waals surface area contributed by atoms with Gasteiger partial charge in [0.1, 0.15) is 5.82 Å². The third kappa shape index (κ3) is 2.56. The minimum absolute atomic E-state index is 0.0542. The number of hydrogen-bond acceptors (Lipinski definition) is 3. The highest BCUT2D eigenvalue weighted by Crippen LogP contribution is 2.51. The van der Waals surface area contributed by atoms with Gasteiger partial charge in [-0.2, -0.15) is 0 Å². The number of ether oxygens (including phenoxy) is 2. The number of para-hydroxylation sites is 1. The monoisotopic (exact) mass is 319 g/mol. The lowest BCUT2D eigenvalue weighted by atomic mass is 9.81. The van der Waals surface area contributed by atoms with Gasteiger partial charge in [-0.15, -0.1) is 0 Å². The van der Waals surface area contributed by atoms with Crippen LogP contribution in [-0.4, -0.2) is 32.0 Å². The summed E-state index contributed by atoms with van der Waals surface area (Å²) in [7, 11) is 0. The van der Waals surface area contributed by atoms with Gasteiger partial charge in [-0.1, -0.05) is 25.0 Å². The molecule has 1 amide bonds. The highest BCUT2D eigenvalue weighted by Gasteiger charge is 2.47. The third-order valence-corrected chi connectivity index (χ3v) is 5.39.